The molecule has 1 aliphatic heterocycles. The number of hydrogen-bond donors (Lipinski definition) is 1. The third-order valence-electron chi connectivity index (χ3n) is 2.95. The summed E-state index contributed by atoms with van der Waals surface area (Å²) in [5.41, 5.74) is 7.83. The van der Waals surface area contributed by atoms with Crippen molar-refractivity contribution in [2.24, 2.45) is 7.05 Å². The van der Waals surface area contributed by atoms with Gasteiger partial charge in [0, 0.05) is 26.5 Å². The molecule has 94 valence electrons. The van der Waals surface area contributed by atoms with Crippen LogP contribution in [0.3, 0.4) is 0 Å². The van der Waals surface area contributed by atoms with Gasteiger partial charge in [-0.05, 0) is 17.7 Å². The Morgan fingerprint density at radius 1 is 1.22 bits per heavy atom. The quantitative estimate of drug-likeness (QED) is 0.836. The molecule has 2 N–H and O–H groups in total. The molecular formula is C13H15N3O2. The molecule has 0 saturated heterocycles. The van der Waals surface area contributed by atoms with Crippen molar-refractivity contribution >= 4 is 5.82 Å². The third-order valence-corrected chi connectivity index (χ3v) is 2.95. The van der Waals surface area contributed by atoms with E-state index in [1.54, 1.807) is 10.9 Å². The second-order valence-corrected chi connectivity index (χ2v) is 4.83. The van der Waals surface area contributed by atoms with Gasteiger partial charge in [-0.15, -0.1) is 0 Å². The maximum absolute atomic E-state index is 5.96. The maximum atomic E-state index is 5.96. The normalized spacial score (nSPS) is 15.9. The summed E-state index contributed by atoms with van der Waals surface area (Å²) in [6, 6.07) is 5.78. The molecule has 0 aliphatic carbocycles. The van der Waals surface area contributed by atoms with E-state index in [4.69, 9.17) is 15.2 Å². The largest absolute Gasteiger partial charge is 0.449 e. The molecule has 1 aromatic carbocycles. The van der Waals surface area contributed by atoms with Crippen LogP contribution in [0.15, 0.2) is 24.4 Å². The van der Waals surface area contributed by atoms with Crippen molar-refractivity contribution in [3.05, 3.63) is 24.4 Å². The van der Waals surface area contributed by atoms with Crippen molar-refractivity contribution in [1.29, 1.82) is 0 Å². The zero-order valence-corrected chi connectivity index (χ0v) is 10.6. The Morgan fingerprint density at radius 2 is 1.94 bits per heavy atom. The summed E-state index contributed by atoms with van der Waals surface area (Å²) < 4.78 is 13.0. The second-order valence-electron chi connectivity index (χ2n) is 4.83. The number of benzene rings is 1. The van der Waals surface area contributed by atoms with Crippen molar-refractivity contribution < 1.29 is 9.47 Å². The first-order valence-corrected chi connectivity index (χ1v) is 5.76. The summed E-state index contributed by atoms with van der Waals surface area (Å²) in [6.07, 6.45) is 1.75. The minimum atomic E-state index is -0.610. The lowest BCUT2D eigenvalue weighted by atomic mass is 10.1. The summed E-state index contributed by atoms with van der Waals surface area (Å²) in [5, 5.41) is 4.13. The van der Waals surface area contributed by atoms with Crippen molar-refractivity contribution in [1.82, 2.24) is 9.78 Å². The highest BCUT2D eigenvalue weighted by Crippen LogP contribution is 2.42. The predicted octanol–water partition coefficient (Wildman–Crippen LogP) is 2.18. The number of aryl methyl sites for hydroxylation is 1. The Balaban J connectivity index is 2.05. The van der Waals surface area contributed by atoms with Crippen molar-refractivity contribution in [2.45, 2.75) is 19.6 Å². The van der Waals surface area contributed by atoms with Gasteiger partial charge in [0.2, 0.25) is 5.79 Å². The van der Waals surface area contributed by atoms with Crippen molar-refractivity contribution in [2.75, 3.05) is 5.73 Å². The van der Waals surface area contributed by atoms with Gasteiger partial charge in [-0.2, -0.15) is 5.10 Å². The number of nitrogens with two attached hydrogens (primary N) is 1. The summed E-state index contributed by atoms with van der Waals surface area (Å²) in [7, 11) is 1.81. The first-order chi connectivity index (χ1) is 8.46. The molecule has 0 radical (unpaired) electrons. The van der Waals surface area contributed by atoms with Crippen LogP contribution in [0.4, 0.5) is 5.82 Å². The fourth-order valence-electron chi connectivity index (χ4n) is 2.06. The zero-order valence-electron chi connectivity index (χ0n) is 10.6. The van der Waals surface area contributed by atoms with Gasteiger partial charge in [0.15, 0.2) is 11.5 Å². The van der Waals surface area contributed by atoms with Crippen LogP contribution in [-0.2, 0) is 7.05 Å². The molecule has 2 heterocycles. The van der Waals surface area contributed by atoms with Crippen molar-refractivity contribution in [3.63, 3.8) is 0 Å². The molecule has 5 nitrogen and oxygen atoms in total. The van der Waals surface area contributed by atoms with Crippen LogP contribution in [0.5, 0.6) is 11.5 Å². The van der Waals surface area contributed by atoms with E-state index >= 15 is 0 Å². The van der Waals surface area contributed by atoms with Crippen LogP contribution in [0.1, 0.15) is 13.8 Å². The summed E-state index contributed by atoms with van der Waals surface area (Å²) in [4.78, 5) is 0. The highest BCUT2D eigenvalue weighted by atomic mass is 16.7. The Labute approximate surface area is 105 Å². The Kier molecular flexibility index (Phi) is 2.08. The first-order valence-electron chi connectivity index (χ1n) is 5.76. The lowest BCUT2D eigenvalue weighted by molar-refractivity contribution is -0.0431. The molecule has 3 rings (SSSR count). The SMILES string of the molecule is Cn1ncc(-c2ccc3c(c2)OC(C)(C)O3)c1N. The summed E-state index contributed by atoms with van der Waals surface area (Å²) >= 11 is 0. The van der Waals surface area contributed by atoms with Gasteiger partial charge in [-0.1, -0.05) is 6.07 Å². The van der Waals surface area contributed by atoms with E-state index in [2.05, 4.69) is 5.10 Å². The summed E-state index contributed by atoms with van der Waals surface area (Å²) in [5.74, 6) is 1.52. The highest BCUT2D eigenvalue weighted by Gasteiger charge is 2.31. The molecule has 2 aromatic rings. The number of aromatic nitrogens is 2. The van der Waals surface area contributed by atoms with Gasteiger partial charge in [0.25, 0.3) is 0 Å². The number of nitrogen functional groups attached to an aromatic ring is 1. The molecule has 1 aliphatic rings. The van der Waals surface area contributed by atoms with E-state index in [0.717, 1.165) is 22.6 Å². The standard InChI is InChI=1S/C13H15N3O2/c1-13(2)17-10-5-4-8(6-11(10)18-13)9-7-15-16(3)12(9)14/h4-7H,14H2,1-3H3. The third kappa shape index (κ3) is 1.59. The minimum Gasteiger partial charge on any atom is -0.449 e. The fourth-order valence-corrected chi connectivity index (χ4v) is 2.06. The van der Waals surface area contributed by atoms with E-state index in [1.165, 1.54) is 0 Å². The van der Waals surface area contributed by atoms with E-state index in [9.17, 15) is 0 Å². The molecule has 0 atom stereocenters. The monoisotopic (exact) mass is 245 g/mol. The average Bonchev–Trinajstić information content (AvgIpc) is 2.77. The molecule has 18 heavy (non-hydrogen) atoms. The Morgan fingerprint density at radius 3 is 2.61 bits per heavy atom. The van der Waals surface area contributed by atoms with Gasteiger partial charge in [-0.3, -0.25) is 4.68 Å². The topological polar surface area (TPSA) is 62.3 Å². The van der Waals surface area contributed by atoms with E-state index in [-0.39, 0.29) is 0 Å². The molecular weight excluding hydrogens is 230 g/mol. The van der Waals surface area contributed by atoms with E-state index < -0.39 is 5.79 Å². The van der Waals surface area contributed by atoms with Crippen LogP contribution in [0, 0.1) is 0 Å². The minimum absolute atomic E-state index is 0.610. The predicted molar refractivity (Wildman–Crippen MR) is 68.4 cm³/mol. The van der Waals surface area contributed by atoms with Gasteiger partial charge in [0.05, 0.1) is 6.20 Å². The lowest BCUT2D eigenvalue weighted by Gasteiger charge is -2.16. The molecule has 0 bridgehead atoms. The van der Waals surface area contributed by atoms with Crippen LogP contribution < -0.4 is 15.2 Å². The van der Waals surface area contributed by atoms with Gasteiger partial charge < -0.3 is 15.2 Å². The number of hydrogen-bond acceptors (Lipinski definition) is 4. The van der Waals surface area contributed by atoms with Gasteiger partial charge >= 0.3 is 0 Å². The van der Waals surface area contributed by atoms with Gasteiger partial charge in [0.1, 0.15) is 5.82 Å². The molecule has 5 heteroatoms. The second kappa shape index (κ2) is 3.41. The lowest BCUT2D eigenvalue weighted by Crippen LogP contribution is -2.29. The number of anilines is 1. The first kappa shape index (κ1) is 11.0. The highest BCUT2D eigenvalue weighted by molar-refractivity contribution is 5.75. The zero-order chi connectivity index (χ0) is 12.9. The number of nitrogens with zero attached hydrogens (tertiary/aromatic N) is 2. The Hall–Kier alpha value is -2.17. The van der Waals surface area contributed by atoms with Crippen LogP contribution in [0.25, 0.3) is 11.1 Å². The van der Waals surface area contributed by atoms with Crippen LogP contribution >= 0.6 is 0 Å². The molecule has 0 saturated carbocycles. The molecule has 0 amide bonds. The smallest absolute Gasteiger partial charge is 0.246 e. The van der Waals surface area contributed by atoms with E-state index in [0.29, 0.717) is 5.82 Å². The average molecular weight is 245 g/mol. The van der Waals surface area contributed by atoms with Crippen molar-refractivity contribution in [3.8, 4) is 22.6 Å². The fraction of sp³-hybridized carbons (Fsp3) is 0.308. The Bertz CT molecular complexity index is 617. The maximum Gasteiger partial charge on any atom is 0.246 e. The van der Waals surface area contributed by atoms with Crippen LogP contribution in [-0.4, -0.2) is 15.6 Å². The molecule has 1 aromatic heterocycles. The summed E-state index contributed by atoms with van der Waals surface area (Å²) in [6.45, 7) is 3.76. The molecule has 0 spiro atoms. The van der Waals surface area contributed by atoms with E-state index in [1.807, 2.05) is 39.1 Å². The number of rotatable bonds is 1. The van der Waals surface area contributed by atoms with Gasteiger partial charge in [-0.25, -0.2) is 0 Å². The molecule has 0 fully saturated rings. The number of ether oxygens (including phenoxy) is 2. The molecule has 0 unspecified atom stereocenters. The number of fused-ring (bicyclic) bond motifs is 1. The van der Waals surface area contributed by atoms with Crippen LogP contribution in [0.2, 0.25) is 0 Å².